The van der Waals surface area contributed by atoms with Gasteiger partial charge in [-0.15, -0.1) is 0 Å². The van der Waals surface area contributed by atoms with Crippen molar-refractivity contribution in [3.8, 4) is 11.9 Å². The smallest absolute Gasteiger partial charge is 0.233 e. The maximum Gasteiger partial charge on any atom is 0.233 e. The molecule has 2 heterocycles. The third-order valence-corrected chi connectivity index (χ3v) is 4.20. The molecule has 0 N–H and O–H groups in total. The highest BCUT2D eigenvalue weighted by Crippen LogP contribution is 2.29. The van der Waals surface area contributed by atoms with Crippen LogP contribution in [0, 0.1) is 11.3 Å². The molecular weight excluding hydrogens is 264 g/mol. The molecule has 5 heteroatoms. The van der Waals surface area contributed by atoms with Gasteiger partial charge in [0.05, 0.1) is 12.8 Å². The van der Waals surface area contributed by atoms with Crippen LogP contribution >= 0.6 is 0 Å². The van der Waals surface area contributed by atoms with Crippen molar-refractivity contribution >= 4 is 5.69 Å². The molecule has 0 saturated carbocycles. The van der Waals surface area contributed by atoms with Crippen LogP contribution in [0.25, 0.3) is 0 Å². The summed E-state index contributed by atoms with van der Waals surface area (Å²) in [4.78, 5) is 8.95. The molecule has 0 aliphatic carbocycles. The minimum absolute atomic E-state index is 0.411. The molecule has 0 spiro atoms. The number of hydrogen-bond donors (Lipinski definition) is 0. The van der Waals surface area contributed by atoms with Crippen LogP contribution in [0.5, 0.6) is 5.88 Å². The summed E-state index contributed by atoms with van der Waals surface area (Å²) in [6, 6.07) is 5.23. The number of methoxy groups -OCH3 is 1. The van der Waals surface area contributed by atoms with Crippen molar-refractivity contribution in [1.82, 2.24) is 9.88 Å². The first-order valence-corrected chi connectivity index (χ1v) is 7.56. The quantitative estimate of drug-likeness (QED) is 0.850. The number of aromatic nitrogens is 1. The molecule has 1 aliphatic heterocycles. The van der Waals surface area contributed by atoms with Crippen LogP contribution in [0.4, 0.5) is 5.69 Å². The van der Waals surface area contributed by atoms with E-state index < -0.39 is 0 Å². The fourth-order valence-corrected chi connectivity index (χ4v) is 3.09. The van der Waals surface area contributed by atoms with Crippen LogP contribution in [-0.2, 0) is 0 Å². The first kappa shape index (κ1) is 15.6. The lowest BCUT2D eigenvalue weighted by Gasteiger charge is -2.44. The third-order valence-electron chi connectivity index (χ3n) is 4.20. The van der Waals surface area contributed by atoms with Gasteiger partial charge in [-0.3, -0.25) is 4.90 Å². The minimum atomic E-state index is 0.411. The van der Waals surface area contributed by atoms with Gasteiger partial charge >= 0.3 is 0 Å². The predicted octanol–water partition coefficient (Wildman–Crippen LogP) is 2.27. The molecule has 1 fully saturated rings. The zero-order chi connectivity index (χ0) is 15.4. The summed E-state index contributed by atoms with van der Waals surface area (Å²) in [6.45, 7) is 9.60. The van der Waals surface area contributed by atoms with Gasteiger partial charge in [0, 0.05) is 37.9 Å². The highest BCUT2D eigenvalue weighted by atomic mass is 16.5. The Morgan fingerprint density at radius 3 is 2.81 bits per heavy atom. The van der Waals surface area contributed by atoms with Gasteiger partial charge in [-0.25, -0.2) is 4.98 Å². The molecule has 114 valence electrons. The molecule has 1 saturated heterocycles. The Morgan fingerprint density at radius 1 is 1.48 bits per heavy atom. The van der Waals surface area contributed by atoms with Crippen molar-refractivity contribution in [3.63, 3.8) is 0 Å². The number of piperazine rings is 1. The molecule has 0 aromatic carbocycles. The second kappa shape index (κ2) is 6.77. The SMILES string of the molecule is CC[C@@H]1CN(c2ccnc(OC)c2C#N)CCN1C(C)C. The third kappa shape index (κ3) is 3.11. The molecule has 1 aromatic heterocycles. The second-order valence-corrected chi connectivity index (χ2v) is 5.67. The van der Waals surface area contributed by atoms with Crippen LogP contribution in [0.3, 0.4) is 0 Å². The van der Waals surface area contributed by atoms with Gasteiger partial charge in [-0.05, 0) is 26.3 Å². The van der Waals surface area contributed by atoms with E-state index in [0.717, 1.165) is 31.7 Å². The largest absolute Gasteiger partial charge is 0.480 e. The lowest BCUT2D eigenvalue weighted by molar-refractivity contribution is 0.133. The van der Waals surface area contributed by atoms with Crippen LogP contribution in [0.1, 0.15) is 32.8 Å². The molecule has 0 radical (unpaired) electrons. The average molecular weight is 288 g/mol. The van der Waals surface area contributed by atoms with Gasteiger partial charge in [-0.1, -0.05) is 6.92 Å². The van der Waals surface area contributed by atoms with Gasteiger partial charge in [0.15, 0.2) is 0 Å². The molecule has 5 nitrogen and oxygen atoms in total. The van der Waals surface area contributed by atoms with Gasteiger partial charge in [0.1, 0.15) is 11.6 Å². The standard InChI is InChI=1S/C16H24N4O/c1-5-13-11-19(8-9-20(13)12(2)3)15-6-7-18-16(21-4)14(15)10-17/h6-7,12-13H,5,8-9,11H2,1-4H3/t13-/m1/s1. The number of pyridine rings is 1. The second-order valence-electron chi connectivity index (χ2n) is 5.67. The average Bonchev–Trinajstić information content (AvgIpc) is 2.53. The van der Waals surface area contributed by atoms with E-state index in [1.807, 2.05) is 6.07 Å². The summed E-state index contributed by atoms with van der Waals surface area (Å²) in [7, 11) is 1.55. The zero-order valence-corrected chi connectivity index (χ0v) is 13.3. The van der Waals surface area contributed by atoms with Crippen molar-refractivity contribution < 1.29 is 4.74 Å². The Bertz CT molecular complexity index is 523. The summed E-state index contributed by atoms with van der Waals surface area (Å²) in [5.41, 5.74) is 1.47. The first-order chi connectivity index (χ1) is 10.1. The molecule has 0 unspecified atom stereocenters. The van der Waals surface area contributed by atoms with E-state index in [2.05, 4.69) is 41.6 Å². The van der Waals surface area contributed by atoms with Gasteiger partial charge in [0.25, 0.3) is 0 Å². The van der Waals surface area contributed by atoms with Crippen LogP contribution in [-0.4, -0.2) is 48.7 Å². The maximum absolute atomic E-state index is 9.42. The van der Waals surface area contributed by atoms with Gasteiger partial charge in [-0.2, -0.15) is 5.26 Å². The number of ether oxygens (including phenoxy) is 1. The molecule has 1 aromatic rings. The molecule has 2 rings (SSSR count). The molecular formula is C16H24N4O. The highest BCUT2D eigenvalue weighted by Gasteiger charge is 2.29. The Morgan fingerprint density at radius 2 is 2.24 bits per heavy atom. The van der Waals surface area contributed by atoms with E-state index in [-0.39, 0.29) is 0 Å². The number of nitriles is 1. The number of anilines is 1. The van der Waals surface area contributed by atoms with E-state index in [1.165, 1.54) is 0 Å². The topological polar surface area (TPSA) is 52.4 Å². The zero-order valence-electron chi connectivity index (χ0n) is 13.3. The molecule has 21 heavy (non-hydrogen) atoms. The summed E-state index contributed by atoms with van der Waals surface area (Å²) < 4.78 is 5.21. The normalized spacial score (nSPS) is 19.6. The van der Waals surface area contributed by atoms with Crippen molar-refractivity contribution in [2.45, 2.75) is 39.3 Å². The van der Waals surface area contributed by atoms with Crippen LogP contribution in [0.2, 0.25) is 0 Å². The van der Waals surface area contributed by atoms with Crippen LogP contribution < -0.4 is 9.64 Å². The van der Waals surface area contributed by atoms with E-state index >= 15 is 0 Å². The maximum atomic E-state index is 9.42. The lowest BCUT2D eigenvalue weighted by Crippen LogP contribution is -2.55. The van der Waals surface area contributed by atoms with Gasteiger partial charge in [0.2, 0.25) is 5.88 Å². The summed E-state index contributed by atoms with van der Waals surface area (Å²) in [5, 5.41) is 9.42. The predicted molar refractivity (Wildman–Crippen MR) is 83.6 cm³/mol. The van der Waals surface area contributed by atoms with Crippen molar-refractivity contribution in [2.75, 3.05) is 31.6 Å². The molecule has 0 bridgehead atoms. The fraction of sp³-hybridized carbons (Fsp3) is 0.625. The van der Waals surface area contributed by atoms with E-state index in [4.69, 9.17) is 4.74 Å². The van der Waals surface area contributed by atoms with E-state index in [9.17, 15) is 5.26 Å². The summed E-state index contributed by atoms with van der Waals surface area (Å²) in [5.74, 6) is 0.411. The van der Waals surface area contributed by atoms with Crippen LogP contribution in [0.15, 0.2) is 12.3 Å². The minimum Gasteiger partial charge on any atom is -0.480 e. The highest BCUT2D eigenvalue weighted by molar-refractivity contribution is 5.63. The number of rotatable bonds is 4. The first-order valence-electron chi connectivity index (χ1n) is 7.56. The fourth-order valence-electron chi connectivity index (χ4n) is 3.09. The number of hydrogen-bond acceptors (Lipinski definition) is 5. The summed E-state index contributed by atoms with van der Waals surface area (Å²) in [6.07, 6.45) is 2.82. The number of nitrogens with zero attached hydrogens (tertiary/aromatic N) is 4. The lowest BCUT2D eigenvalue weighted by atomic mass is 10.1. The van der Waals surface area contributed by atoms with Gasteiger partial charge < -0.3 is 9.64 Å². The van der Waals surface area contributed by atoms with E-state index in [1.54, 1.807) is 13.3 Å². The summed E-state index contributed by atoms with van der Waals surface area (Å²) >= 11 is 0. The van der Waals surface area contributed by atoms with Crippen molar-refractivity contribution in [3.05, 3.63) is 17.8 Å². The monoisotopic (exact) mass is 288 g/mol. The Hall–Kier alpha value is -1.80. The van der Waals surface area contributed by atoms with Crippen molar-refractivity contribution in [1.29, 1.82) is 5.26 Å². The molecule has 0 amide bonds. The molecule has 1 aliphatic rings. The Labute approximate surface area is 127 Å². The Balaban J connectivity index is 2.27. The van der Waals surface area contributed by atoms with Crippen molar-refractivity contribution in [2.24, 2.45) is 0 Å². The molecule has 1 atom stereocenters. The van der Waals surface area contributed by atoms with E-state index in [0.29, 0.717) is 23.5 Å². The Kier molecular flexibility index (Phi) is 5.03.